The van der Waals surface area contributed by atoms with E-state index in [0.29, 0.717) is 5.41 Å². The third kappa shape index (κ3) is 3.12. The molecule has 1 heterocycles. The molecule has 0 spiro atoms. The number of nitrogens with zero attached hydrogens (tertiary/aromatic N) is 2. The summed E-state index contributed by atoms with van der Waals surface area (Å²) in [4.78, 5) is 0. The number of halogens is 1. The Kier molecular flexibility index (Phi) is 3.58. The lowest BCUT2D eigenvalue weighted by Gasteiger charge is -2.14. The van der Waals surface area contributed by atoms with Crippen LogP contribution in [-0.4, -0.2) is 30.5 Å². The van der Waals surface area contributed by atoms with Crippen LogP contribution in [0.5, 0.6) is 0 Å². The molecule has 0 saturated heterocycles. The van der Waals surface area contributed by atoms with Crippen LogP contribution in [-0.2, 0) is 4.74 Å². The Balaban J connectivity index is 1.78. The molecule has 0 aromatic carbocycles. The molecule has 15 heavy (non-hydrogen) atoms. The first-order valence-electron chi connectivity index (χ1n) is 4.96. The molecule has 4 nitrogen and oxygen atoms in total. The van der Waals surface area contributed by atoms with Crippen molar-refractivity contribution >= 4 is 32.4 Å². The topological polar surface area (TPSA) is 47.0 Å². The first-order chi connectivity index (χ1) is 7.24. The van der Waals surface area contributed by atoms with Crippen LogP contribution >= 0.6 is 27.3 Å². The standard InChI is InChI=1S/C9H14BrN3OS/c1-14-5-4-9(2-3-9)6-11-8-13-12-7(10)15-8/h2-6H2,1H3,(H,11,13). The van der Waals surface area contributed by atoms with Gasteiger partial charge in [0.1, 0.15) is 0 Å². The largest absolute Gasteiger partial charge is 0.385 e. The van der Waals surface area contributed by atoms with Crippen LogP contribution in [0.25, 0.3) is 0 Å². The molecule has 1 saturated carbocycles. The van der Waals surface area contributed by atoms with Crippen molar-refractivity contribution in [2.45, 2.75) is 19.3 Å². The number of aromatic nitrogens is 2. The molecule has 0 aliphatic heterocycles. The molecule has 0 unspecified atom stereocenters. The van der Waals surface area contributed by atoms with Crippen LogP contribution in [0.15, 0.2) is 3.92 Å². The average molecular weight is 292 g/mol. The zero-order chi connectivity index (χ0) is 10.7. The molecule has 0 radical (unpaired) electrons. The minimum Gasteiger partial charge on any atom is -0.385 e. The molecule has 1 N–H and O–H groups in total. The first-order valence-corrected chi connectivity index (χ1v) is 6.57. The van der Waals surface area contributed by atoms with E-state index in [0.717, 1.165) is 28.6 Å². The quantitative estimate of drug-likeness (QED) is 0.875. The summed E-state index contributed by atoms with van der Waals surface area (Å²) < 4.78 is 5.94. The van der Waals surface area contributed by atoms with Crippen molar-refractivity contribution in [3.05, 3.63) is 3.92 Å². The molecule has 0 bridgehead atoms. The second kappa shape index (κ2) is 4.76. The Morgan fingerprint density at radius 3 is 2.87 bits per heavy atom. The van der Waals surface area contributed by atoms with Crippen molar-refractivity contribution in [3.8, 4) is 0 Å². The zero-order valence-electron chi connectivity index (χ0n) is 8.62. The number of anilines is 1. The fourth-order valence-corrected chi connectivity index (χ4v) is 2.56. The first kappa shape index (κ1) is 11.3. The summed E-state index contributed by atoms with van der Waals surface area (Å²) in [5.41, 5.74) is 0.453. The Bertz CT molecular complexity index is 327. The van der Waals surface area contributed by atoms with Crippen LogP contribution in [0, 0.1) is 5.41 Å². The lowest BCUT2D eigenvalue weighted by molar-refractivity contribution is 0.175. The van der Waals surface area contributed by atoms with E-state index in [1.54, 1.807) is 7.11 Å². The summed E-state index contributed by atoms with van der Waals surface area (Å²) in [6.45, 7) is 1.83. The van der Waals surface area contributed by atoms with E-state index < -0.39 is 0 Å². The maximum atomic E-state index is 5.11. The molecule has 6 heteroatoms. The summed E-state index contributed by atoms with van der Waals surface area (Å²) in [7, 11) is 1.76. The third-order valence-electron chi connectivity index (χ3n) is 2.81. The minimum absolute atomic E-state index is 0.453. The van der Waals surface area contributed by atoms with Gasteiger partial charge in [0, 0.05) is 20.3 Å². The molecule has 1 fully saturated rings. The summed E-state index contributed by atoms with van der Waals surface area (Å²) in [6.07, 6.45) is 3.73. The highest BCUT2D eigenvalue weighted by atomic mass is 79.9. The number of hydrogen-bond acceptors (Lipinski definition) is 5. The smallest absolute Gasteiger partial charge is 0.206 e. The van der Waals surface area contributed by atoms with Crippen molar-refractivity contribution in [3.63, 3.8) is 0 Å². The zero-order valence-corrected chi connectivity index (χ0v) is 11.0. The van der Waals surface area contributed by atoms with Gasteiger partial charge in [-0.15, -0.1) is 10.2 Å². The van der Waals surface area contributed by atoms with E-state index in [2.05, 4.69) is 31.4 Å². The van der Waals surface area contributed by atoms with Crippen LogP contribution < -0.4 is 5.32 Å². The van der Waals surface area contributed by atoms with Gasteiger partial charge < -0.3 is 10.1 Å². The number of methoxy groups -OCH3 is 1. The van der Waals surface area contributed by atoms with Gasteiger partial charge in [-0.05, 0) is 40.6 Å². The van der Waals surface area contributed by atoms with Crippen molar-refractivity contribution in [1.29, 1.82) is 0 Å². The number of ether oxygens (including phenoxy) is 1. The summed E-state index contributed by atoms with van der Waals surface area (Å²) in [5, 5.41) is 12.1. The normalized spacial score (nSPS) is 17.7. The molecular weight excluding hydrogens is 278 g/mol. The maximum Gasteiger partial charge on any atom is 0.206 e. The summed E-state index contributed by atoms with van der Waals surface area (Å²) in [6, 6.07) is 0. The van der Waals surface area contributed by atoms with Gasteiger partial charge in [0.15, 0.2) is 3.92 Å². The molecule has 1 aromatic rings. The number of nitrogens with one attached hydrogen (secondary N) is 1. The van der Waals surface area contributed by atoms with Gasteiger partial charge in [-0.3, -0.25) is 0 Å². The second-order valence-corrected chi connectivity index (χ2v) is 6.21. The van der Waals surface area contributed by atoms with E-state index in [1.165, 1.54) is 24.2 Å². The van der Waals surface area contributed by atoms with Crippen molar-refractivity contribution in [2.24, 2.45) is 5.41 Å². The summed E-state index contributed by atoms with van der Waals surface area (Å²) >= 11 is 4.83. The fraction of sp³-hybridized carbons (Fsp3) is 0.778. The highest BCUT2D eigenvalue weighted by Crippen LogP contribution is 2.48. The third-order valence-corrected chi connectivity index (χ3v) is 4.12. The minimum atomic E-state index is 0.453. The predicted octanol–water partition coefficient (Wildman–Crippen LogP) is 2.53. The van der Waals surface area contributed by atoms with E-state index in [9.17, 15) is 0 Å². The molecular formula is C9H14BrN3OS. The lowest BCUT2D eigenvalue weighted by atomic mass is 10.0. The van der Waals surface area contributed by atoms with Gasteiger partial charge >= 0.3 is 0 Å². The van der Waals surface area contributed by atoms with Gasteiger partial charge in [0.25, 0.3) is 0 Å². The molecule has 0 atom stereocenters. The SMILES string of the molecule is COCCC1(CNc2nnc(Br)s2)CC1. The van der Waals surface area contributed by atoms with Crippen LogP contribution in [0.1, 0.15) is 19.3 Å². The highest BCUT2D eigenvalue weighted by Gasteiger charge is 2.41. The molecule has 0 amide bonds. The van der Waals surface area contributed by atoms with Gasteiger partial charge in [0.05, 0.1) is 0 Å². The Morgan fingerprint density at radius 2 is 2.33 bits per heavy atom. The van der Waals surface area contributed by atoms with Crippen molar-refractivity contribution in [2.75, 3.05) is 25.6 Å². The van der Waals surface area contributed by atoms with Crippen LogP contribution in [0.2, 0.25) is 0 Å². The monoisotopic (exact) mass is 291 g/mol. The van der Waals surface area contributed by atoms with E-state index in [-0.39, 0.29) is 0 Å². The van der Waals surface area contributed by atoms with E-state index in [1.807, 2.05) is 0 Å². The van der Waals surface area contributed by atoms with Gasteiger partial charge in [-0.25, -0.2) is 0 Å². The van der Waals surface area contributed by atoms with Crippen molar-refractivity contribution in [1.82, 2.24) is 10.2 Å². The average Bonchev–Trinajstić information content (AvgIpc) is 2.89. The van der Waals surface area contributed by atoms with Crippen LogP contribution in [0.3, 0.4) is 0 Å². The Labute approximate surface area is 102 Å². The van der Waals surface area contributed by atoms with E-state index in [4.69, 9.17) is 4.74 Å². The Hall–Kier alpha value is -0.200. The second-order valence-electron chi connectivity index (χ2n) is 3.96. The van der Waals surface area contributed by atoms with Crippen molar-refractivity contribution < 1.29 is 4.74 Å². The van der Waals surface area contributed by atoms with Crippen LogP contribution in [0.4, 0.5) is 5.13 Å². The summed E-state index contributed by atoms with van der Waals surface area (Å²) in [5.74, 6) is 0. The van der Waals surface area contributed by atoms with E-state index >= 15 is 0 Å². The number of rotatable bonds is 6. The molecule has 2 rings (SSSR count). The van der Waals surface area contributed by atoms with Gasteiger partial charge in [0.2, 0.25) is 5.13 Å². The maximum absolute atomic E-state index is 5.11. The number of hydrogen-bond donors (Lipinski definition) is 1. The van der Waals surface area contributed by atoms with Gasteiger partial charge in [-0.1, -0.05) is 11.3 Å². The Morgan fingerprint density at radius 1 is 1.53 bits per heavy atom. The predicted molar refractivity (Wildman–Crippen MR) is 64.3 cm³/mol. The molecule has 84 valence electrons. The molecule has 1 aliphatic carbocycles. The molecule has 1 aliphatic rings. The van der Waals surface area contributed by atoms with Gasteiger partial charge in [-0.2, -0.15) is 0 Å². The lowest BCUT2D eigenvalue weighted by Crippen LogP contribution is -2.17. The molecule has 1 aromatic heterocycles. The fourth-order valence-electron chi connectivity index (χ4n) is 1.55. The highest BCUT2D eigenvalue weighted by molar-refractivity contribution is 9.11.